The van der Waals surface area contributed by atoms with Crippen LogP contribution in [0.3, 0.4) is 0 Å². The lowest BCUT2D eigenvalue weighted by Gasteiger charge is -2.32. The number of halogens is 5. The van der Waals surface area contributed by atoms with Gasteiger partial charge in [0.05, 0.1) is 76.6 Å². The van der Waals surface area contributed by atoms with E-state index in [0.29, 0.717) is 113 Å². The first kappa shape index (κ1) is 78.9. The zero-order valence-corrected chi connectivity index (χ0v) is 61.3. The van der Waals surface area contributed by atoms with Crippen LogP contribution < -0.4 is 42.0 Å². The van der Waals surface area contributed by atoms with Gasteiger partial charge in [0.15, 0.2) is 0 Å². The van der Waals surface area contributed by atoms with Gasteiger partial charge in [-0.25, -0.2) is 4.39 Å². The molecule has 31 heteroatoms. The van der Waals surface area contributed by atoms with Crippen molar-refractivity contribution in [2.75, 3.05) is 64.1 Å². The maximum Gasteiger partial charge on any atom is 0.416 e. The minimum atomic E-state index is -4.76. The fraction of sp³-hybridized carbons (Fsp3) is 0.237. The van der Waals surface area contributed by atoms with Crippen molar-refractivity contribution in [1.82, 2.24) is 48.6 Å². The highest BCUT2D eigenvalue weighted by atomic mass is 35.5. The average molecular weight is 1540 g/mol. The number of methoxy groups -OCH3 is 2. The lowest BCUT2D eigenvalue weighted by molar-refractivity contribution is -0.138. The molecule has 574 valence electrons. The maximum atomic E-state index is 14.3. The number of carbonyl (C=O) groups is 8. The number of nitrogens with zero attached hydrogens (tertiary/aromatic N) is 10. The molecule has 4 aromatic heterocycles. The van der Waals surface area contributed by atoms with E-state index in [-0.39, 0.29) is 76.1 Å². The van der Waals surface area contributed by atoms with E-state index in [9.17, 15) is 55.9 Å². The number of amides is 8. The Balaban J connectivity index is 0.000000166. The number of aryl methyl sites for hydroxylation is 1. The van der Waals surface area contributed by atoms with Crippen molar-refractivity contribution in [1.29, 1.82) is 0 Å². The Kier molecular flexibility index (Phi) is 24.5. The van der Waals surface area contributed by atoms with Crippen LogP contribution in [-0.2, 0) is 27.6 Å². The van der Waals surface area contributed by atoms with E-state index in [1.54, 1.807) is 77.5 Å². The van der Waals surface area contributed by atoms with Crippen molar-refractivity contribution >= 4 is 81.1 Å². The molecular weight excluding hydrogens is 1460 g/mol. The second-order valence-electron chi connectivity index (χ2n) is 26.2. The van der Waals surface area contributed by atoms with Gasteiger partial charge in [-0.05, 0) is 142 Å². The first-order valence-corrected chi connectivity index (χ1v) is 35.4. The van der Waals surface area contributed by atoms with Crippen molar-refractivity contribution in [3.8, 4) is 56.8 Å². The van der Waals surface area contributed by atoms with Crippen LogP contribution in [0, 0.1) is 5.82 Å². The number of benzene rings is 6. The second-order valence-corrected chi connectivity index (χ2v) is 26.6. The summed E-state index contributed by atoms with van der Waals surface area (Å²) in [7, 11) is 4.67. The smallest absolute Gasteiger partial charge is 0.416 e. The highest BCUT2D eigenvalue weighted by Crippen LogP contribution is 2.39. The van der Waals surface area contributed by atoms with Crippen molar-refractivity contribution < 1.29 is 70.1 Å². The van der Waals surface area contributed by atoms with Gasteiger partial charge in [0, 0.05) is 92.5 Å². The number of piperidine rings is 3. The first-order valence-electron chi connectivity index (χ1n) is 35.0. The summed E-state index contributed by atoms with van der Waals surface area (Å²) in [6.45, 7) is 13.9. The Hall–Kier alpha value is -13.1. The van der Waals surface area contributed by atoms with Gasteiger partial charge < -0.3 is 61.3 Å². The summed E-state index contributed by atoms with van der Waals surface area (Å²) in [5.41, 5.74) is 20.6. The van der Waals surface area contributed by atoms with E-state index < -0.39 is 46.7 Å². The molecule has 0 aliphatic carbocycles. The summed E-state index contributed by atoms with van der Waals surface area (Å²) >= 11 is 6.46. The lowest BCUT2D eigenvalue weighted by atomic mass is 10.1. The molecule has 3 atom stereocenters. The highest BCUT2D eigenvalue weighted by molar-refractivity contribution is 6.32. The summed E-state index contributed by atoms with van der Waals surface area (Å²) < 4.78 is 76.4. The molecule has 7 heterocycles. The molecule has 8 N–H and O–H groups in total. The Morgan fingerprint density at radius 2 is 0.946 bits per heavy atom. The monoisotopic (exact) mass is 1540 g/mol. The number of para-hydroxylation sites is 2. The third-order valence-corrected chi connectivity index (χ3v) is 19.4. The Morgan fingerprint density at radius 3 is 1.35 bits per heavy atom. The Bertz CT molecular complexity index is 5260. The first-order chi connectivity index (χ1) is 53.2. The van der Waals surface area contributed by atoms with Gasteiger partial charge in [0.1, 0.15) is 51.6 Å². The van der Waals surface area contributed by atoms with E-state index in [2.05, 4.69) is 40.6 Å². The van der Waals surface area contributed by atoms with E-state index >= 15 is 0 Å². The number of primary amides is 3. The number of anilines is 2. The summed E-state index contributed by atoms with van der Waals surface area (Å²) in [6.07, 6.45) is 8.63. The molecular formula is C80H78ClF4N15O11. The minimum Gasteiger partial charge on any atom is -0.495 e. The van der Waals surface area contributed by atoms with E-state index in [0.717, 1.165) is 55.5 Å². The average Bonchev–Trinajstić information content (AvgIpc) is 1.70. The summed E-state index contributed by atoms with van der Waals surface area (Å²) in [5.74, 6) is -3.30. The standard InChI is InChI=1S/C29H30N6O4.C27H25F4N5O4.C24H23ClN4O3/c1-4-26(36)34-13-7-9-20(16-34)35-17-21(28(30)37)27(32-35)19-11-12-22(25(15-19)39-3)31-29(38)24-14-18-8-5-6-10-23(18)33(24)2;1-3-23(37)35-10-4-5-17(13-35)36-14-19(25(32)38)24(34-36)15-6-9-21(22(11-15)40-2)33-26(39)18-8-7-16(12-20(18)28)27(29,30)31;1-2-22(30)28-12-6-7-17(14-28)29-15-19(24(26)31)23(27-29)16-10-11-21(20(25)13-16)32-18-8-4-3-5-9-18/h4-6,8,10-12,14-15,17,20H,1,7,9,13,16H2,2-3H3,(H2,30,37)(H,31,38);3,6-9,11-12,14,17H,1,4-5,10,13H2,2H3,(H2,32,38)(H,33,39);2-5,8-11,13,15,17H,1,6-7,12,14H2,(H2,26,31)/t20-;2*17-/m111/s1. The predicted octanol–water partition coefficient (Wildman–Crippen LogP) is 12.6. The quantitative estimate of drug-likeness (QED) is 0.0350. The number of alkyl halides is 3. The summed E-state index contributed by atoms with van der Waals surface area (Å²) in [4.78, 5) is 104. The molecule has 3 aliphatic heterocycles. The number of rotatable bonds is 20. The third kappa shape index (κ3) is 18.0. The molecule has 6 aromatic carbocycles. The largest absolute Gasteiger partial charge is 0.495 e. The molecule has 0 bridgehead atoms. The van der Waals surface area contributed by atoms with Gasteiger partial charge in [-0.2, -0.15) is 28.5 Å². The van der Waals surface area contributed by atoms with Gasteiger partial charge in [-0.3, -0.25) is 52.4 Å². The van der Waals surface area contributed by atoms with Crippen molar-refractivity contribution in [3.63, 3.8) is 0 Å². The molecule has 0 spiro atoms. The number of nitrogens with two attached hydrogens (primary N) is 3. The second kappa shape index (κ2) is 34.4. The molecule has 0 radical (unpaired) electrons. The number of aromatic nitrogens is 7. The van der Waals surface area contributed by atoms with Crippen LogP contribution in [0.25, 0.3) is 44.7 Å². The SMILES string of the molecule is C=CC(=O)N1CCC[C@@H](n2cc(C(N)=O)c(-c3ccc(NC(=O)c4cc5ccccc5n4C)c(OC)c3)n2)C1.C=CC(=O)N1CCC[C@@H](n2cc(C(N)=O)c(-c3ccc(NC(=O)c4ccc(C(F)(F)F)cc4F)c(OC)c3)n2)C1.C=CC(=O)N1CCC[C@@H](n2cc(C(N)=O)c(-c3ccc(Oc4ccccc4)c(Cl)c3)n2)C1. The van der Waals surface area contributed by atoms with Gasteiger partial charge in [-0.15, -0.1) is 0 Å². The maximum absolute atomic E-state index is 14.3. The van der Waals surface area contributed by atoms with Crippen LogP contribution in [0.5, 0.6) is 23.0 Å². The van der Waals surface area contributed by atoms with Gasteiger partial charge in [0.2, 0.25) is 17.7 Å². The topological polar surface area (TPSA) is 334 Å². The molecule has 10 aromatic rings. The lowest BCUT2D eigenvalue weighted by Crippen LogP contribution is -2.40. The van der Waals surface area contributed by atoms with Crippen molar-refractivity contribution in [2.45, 2.75) is 62.8 Å². The van der Waals surface area contributed by atoms with Gasteiger partial charge in [-0.1, -0.05) is 79.9 Å². The molecule has 111 heavy (non-hydrogen) atoms. The minimum absolute atomic E-state index is 0.0596. The van der Waals surface area contributed by atoms with Crippen LogP contribution in [0.15, 0.2) is 190 Å². The van der Waals surface area contributed by atoms with Gasteiger partial charge >= 0.3 is 6.18 Å². The summed E-state index contributed by atoms with van der Waals surface area (Å²) in [5, 5.41) is 20.6. The highest BCUT2D eigenvalue weighted by Gasteiger charge is 2.34. The molecule has 3 aliphatic rings. The zero-order valence-electron chi connectivity index (χ0n) is 60.6. The van der Waals surface area contributed by atoms with Crippen LogP contribution >= 0.6 is 11.6 Å². The molecule has 13 rings (SSSR count). The van der Waals surface area contributed by atoms with E-state index in [4.69, 9.17) is 48.1 Å². The number of carbonyl (C=O) groups excluding carboxylic acids is 8. The number of hydrogen-bond acceptors (Lipinski definition) is 14. The number of hydrogen-bond donors (Lipinski definition) is 5. The van der Waals surface area contributed by atoms with Crippen LogP contribution in [-0.4, -0.2) is 149 Å². The van der Waals surface area contributed by atoms with E-state index in [1.165, 1.54) is 56.8 Å². The van der Waals surface area contributed by atoms with Gasteiger partial charge in [0.25, 0.3) is 29.5 Å². The normalized spacial score (nSPS) is 15.5. The summed E-state index contributed by atoms with van der Waals surface area (Å²) in [6, 6.07) is 35.0. The molecule has 0 saturated carbocycles. The molecule has 3 fully saturated rings. The number of fused-ring (bicyclic) bond motifs is 1. The van der Waals surface area contributed by atoms with Crippen molar-refractivity contribution in [2.24, 2.45) is 24.2 Å². The number of nitrogens with one attached hydrogen (secondary N) is 2. The fourth-order valence-corrected chi connectivity index (χ4v) is 13.6. The zero-order chi connectivity index (χ0) is 79.5. The van der Waals surface area contributed by atoms with Crippen molar-refractivity contribution in [3.05, 3.63) is 234 Å². The van der Waals surface area contributed by atoms with Crippen LogP contribution in [0.2, 0.25) is 5.02 Å². The Labute approximate surface area is 639 Å². The molecule has 0 unspecified atom stereocenters. The third-order valence-electron chi connectivity index (χ3n) is 19.1. The predicted molar refractivity (Wildman–Crippen MR) is 409 cm³/mol. The molecule has 3 saturated heterocycles. The van der Waals surface area contributed by atoms with E-state index in [1.807, 2.05) is 72.3 Å². The fourth-order valence-electron chi connectivity index (χ4n) is 13.4. The van der Waals surface area contributed by atoms with Crippen LogP contribution in [0.4, 0.5) is 28.9 Å². The van der Waals surface area contributed by atoms with Crippen LogP contribution in [0.1, 0.15) is 114 Å². The molecule has 8 amide bonds. The number of likely N-dealkylation sites (tertiary alicyclic amines) is 3. The number of ether oxygens (including phenoxy) is 3. The molecule has 26 nitrogen and oxygen atoms in total. The Morgan fingerprint density at radius 1 is 0.523 bits per heavy atom.